The highest BCUT2D eigenvalue weighted by Gasteiger charge is 2.20. The van der Waals surface area contributed by atoms with E-state index in [1.807, 2.05) is 0 Å². The van der Waals surface area contributed by atoms with E-state index in [1.165, 1.54) is 18.3 Å². The molecule has 0 fully saturated rings. The second kappa shape index (κ2) is 8.43. The summed E-state index contributed by atoms with van der Waals surface area (Å²) in [7, 11) is -2.17. The molecule has 7 nitrogen and oxygen atoms in total. The number of nitrogens with zero attached hydrogens (tertiary/aromatic N) is 2. The van der Waals surface area contributed by atoms with Crippen molar-refractivity contribution in [2.24, 2.45) is 5.10 Å². The van der Waals surface area contributed by atoms with Crippen molar-refractivity contribution in [3.8, 4) is 5.75 Å². The van der Waals surface area contributed by atoms with Gasteiger partial charge in [-0.15, -0.1) is 0 Å². The molecule has 2 rings (SSSR count). The van der Waals surface area contributed by atoms with Crippen molar-refractivity contribution in [1.29, 1.82) is 0 Å². The number of hydrogen-bond acceptors (Lipinski definition) is 5. The summed E-state index contributed by atoms with van der Waals surface area (Å²) in [5.74, 6) is -0.450. The van der Waals surface area contributed by atoms with Crippen molar-refractivity contribution in [3.05, 3.63) is 59.9 Å². The number of carbonyl (C=O) groups is 1. The van der Waals surface area contributed by atoms with Gasteiger partial charge >= 0.3 is 0 Å². The largest absolute Gasteiger partial charge is 0.497 e. The van der Waals surface area contributed by atoms with Crippen molar-refractivity contribution in [1.82, 2.24) is 5.43 Å². The summed E-state index contributed by atoms with van der Waals surface area (Å²) in [5.41, 5.74) is 3.17. The zero-order valence-corrected chi connectivity index (χ0v) is 15.0. The predicted octanol–water partition coefficient (Wildman–Crippen LogP) is 1.75. The van der Waals surface area contributed by atoms with Gasteiger partial charge in [-0.3, -0.25) is 9.10 Å². The van der Waals surface area contributed by atoms with Gasteiger partial charge in [0.2, 0.25) is 10.0 Å². The maximum absolute atomic E-state index is 13.0. The number of ether oxygens (including phenoxy) is 1. The lowest BCUT2D eigenvalue weighted by Crippen LogP contribution is -2.39. The van der Waals surface area contributed by atoms with Crippen LogP contribution in [0.5, 0.6) is 5.75 Å². The van der Waals surface area contributed by atoms with Crippen molar-refractivity contribution < 1.29 is 22.3 Å². The third-order valence-corrected chi connectivity index (χ3v) is 4.46. The second-order valence-corrected chi connectivity index (χ2v) is 7.22. The van der Waals surface area contributed by atoms with Gasteiger partial charge in [-0.2, -0.15) is 5.10 Å². The van der Waals surface area contributed by atoms with E-state index < -0.39 is 28.3 Å². The van der Waals surface area contributed by atoms with Crippen LogP contribution in [0.15, 0.2) is 53.6 Å². The Labute approximate surface area is 151 Å². The number of halogens is 1. The number of carbonyl (C=O) groups excluding carboxylic acids is 1. The van der Waals surface area contributed by atoms with Gasteiger partial charge in [0.1, 0.15) is 18.1 Å². The monoisotopic (exact) mass is 379 g/mol. The van der Waals surface area contributed by atoms with E-state index in [4.69, 9.17) is 4.74 Å². The zero-order chi connectivity index (χ0) is 19.2. The molecule has 0 atom stereocenters. The smallest absolute Gasteiger partial charge is 0.260 e. The fourth-order valence-electron chi connectivity index (χ4n) is 2.04. The predicted molar refractivity (Wildman–Crippen MR) is 97.3 cm³/mol. The Hall–Kier alpha value is -2.94. The average molecular weight is 379 g/mol. The van der Waals surface area contributed by atoms with Gasteiger partial charge in [-0.05, 0) is 54.1 Å². The summed E-state index contributed by atoms with van der Waals surface area (Å²) in [6.07, 6.45) is 2.38. The second-order valence-electron chi connectivity index (χ2n) is 5.31. The molecule has 0 unspecified atom stereocenters. The number of hydrazone groups is 1. The lowest BCUT2D eigenvalue weighted by Gasteiger charge is -2.21. The average Bonchev–Trinajstić information content (AvgIpc) is 2.60. The Morgan fingerprint density at radius 1 is 1.19 bits per heavy atom. The van der Waals surface area contributed by atoms with E-state index >= 15 is 0 Å². The van der Waals surface area contributed by atoms with Gasteiger partial charge in [-0.25, -0.2) is 18.2 Å². The first kappa shape index (κ1) is 19.4. The highest BCUT2D eigenvalue weighted by atomic mass is 32.2. The van der Waals surface area contributed by atoms with Crippen LogP contribution in [0.2, 0.25) is 0 Å². The van der Waals surface area contributed by atoms with Gasteiger partial charge in [-0.1, -0.05) is 0 Å². The van der Waals surface area contributed by atoms with Crippen LogP contribution in [-0.4, -0.2) is 40.4 Å². The molecule has 0 bridgehead atoms. The number of anilines is 1. The molecule has 9 heteroatoms. The SMILES string of the molecule is COc1ccc(/C=N\NC(=O)CN(c2ccc(F)cc2)S(C)(=O)=O)cc1. The van der Waals surface area contributed by atoms with Gasteiger partial charge in [0.05, 0.1) is 25.3 Å². The van der Waals surface area contributed by atoms with E-state index in [9.17, 15) is 17.6 Å². The summed E-state index contributed by atoms with van der Waals surface area (Å²) in [5, 5.41) is 3.79. The van der Waals surface area contributed by atoms with Crippen molar-refractivity contribution >= 4 is 27.8 Å². The van der Waals surface area contributed by atoms with Crippen LogP contribution in [-0.2, 0) is 14.8 Å². The lowest BCUT2D eigenvalue weighted by molar-refractivity contribution is -0.119. The molecule has 0 saturated heterocycles. The molecule has 138 valence electrons. The Kier molecular flexibility index (Phi) is 6.29. The third-order valence-electron chi connectivity index (χ3n) is 3.32. The molecule has 1 amide bonds. The molecule has 2 aromatic rings. The van der Waals surface area contributed by atoms with Crippen LogP contribution in [0.4, 0.5) is 10.1 Å². The van der Waals surface area contributed by atoms with Gasteiger partial charge in [0.15, 0.2) is 0 Å². The third kappa shape index (κ3) is 5.55. The van der Waals surface area contributed by atoms with E-state index in [2.05, 4.69) is 10.5 Å². The molecule has 0 spiro atoms. The van der Waals surface area contributed by atoms with Crippen molar-refractivity contribution in [2.45, 2.75) is 0 Å². The molecule has 26 heavy (non-hydrogen) atoms. The molecule has 2 aromatic carbocycles. The lowest BCUT2D eigenvalue weighted by atomic mass is 10.2. The summed E-state index contributed by atoms with van der Waals surface area (Å²) in [6, 6.07) is 11.8. The Balaban J connectivity index is 2.02. The Bertz CT molecular complexity index is 881. The van der Waals surface area contributed by atoms with Gasteiger partial charge < -0.3 is 4.74 Å². The van der Waals surface area contributed by atoms with E-state index in [0.717, 1.165) is 28.3 Å². The van der Waals surface area contributed by atoms with Crippen LogP contribution in [0.25, 0.3) is 0 Å². The molecular weight excluding hydrogens is 361 g/mol. The number of hydrogen-bond donors (Lipinski definition) is 1. The van der Waals surface area contributed by atoms with Crippen LogP contribution in [0.1, 0.15) is 5.56 Å². The first-order chi connectivity index (χ1) is 12.3. The zero-order valence-electron chi connectivity index (χ0n) is 14.2. The minimum atomic E-state index is -3.73. The molecule has 0 radical (unpaired) electrons. The molecule has 0 saturated carbocycles. The van der Waals surface area contributed by atoms with E-state index in [-0.39, 0.29) is 5.69 Å². The quantitative estimate of drug-likeness (QED) is 0.586. The number of nitrogens with one attached hydrogen (secondary N) is 1. The van der Waals surface area contributed by atoms with E-state index in [1.54, 1.807) is 31.4 Å². The van der Waals surface area contributed by atoms with Crippen molar-refractivity contribution in [2.75, 3.05) is 24.2 Å². The molecule has 0 aliphatic carbocycles. The number of benzene rings is 2. The fraction of sp³-hybridized carbons (Fsp3) is 0.176. The number of sulfonamides is 1. The minimum absolute atomic E-state index is 0.184. The topological polar surface area (TPSA) is 88.1 Å². The maximum Gasteiger partial charge on any atom is 0.260 e. The van der Waals surface area contributed by atoms with Gasteiger partial charge in [0, 0.05) is 0 Å². The first-order valence-corrected chi connectivity index (χ1v) is 9.33. The molecule has 1 N–H and O–H groups in total. The highest BCUT2D eigenvalue weighted by Crippen LogP contribution is 2.17. The summed E-state index contributed by atoms with van der Waals surface area (Å²) < 4.78 is 42.7. The summed E-state index contributed by atoms with van der Waals surface area (Å²) >= 11 is 0. The Morgan fingerprint density at radius 3 is 2.35 bits per heavy atom. The minimum Gasteiger partial charge on any atom is -0.497 e. The molecule has 0 aromatic heterocycles. The van der Waals surface area contributed by atoms with Crippen LogP contribution < -0.4 is 14.5 Å². The van der Waals surface area contributed by atoms with Crippen molar-refractivity contribution in [3.63, 3.8) is 0 Å². The number of amides is 1. The molecule has 0 heterocycles. The molecule has 0 aliphatic heterocycles. The normalized spacial score (nSPS) is 11.3. The number of methoxy groups -OCH3 is 1. The fourth-order valence-corrected chi connectivity index (χ4v) is 2.90. The maximum atomic E-state index is 13.0. The molecule has 0 aliphatic rings. The van der Waals surface area contributed by atoms with Crippen LogP contribution in [0.3, 0.4) is 0 Å². The highest BCUT2D eigenvalue weighted by molar-refractivity contribution is 7.92. The number of rotatable bonds is 7. The summed E-state index contributed by atoms with van der Waals surface area (Å²) in [6.45, 7) is -0.482. The molecular formula is C17H18FN3O4S. The first-order valence-electron chi connectivity index (χ1n) is 7.49. The summed E-state index contributed by atoms with van der Waals surface area (Å²) in [4.78, 5) is 12.0. The van der Waals surface area contributed by atoms with Crippen LogP contribution in [0, 0.1) is 5.82 Å². The van der Waals surface area contributed by atoms with Crippen LogP contribution >= 0.6 is 0 Å². The standard InChI is InChI=1S/C17H18FN3O4S/c1-25-16-9-3-13(4-10-16)11-19-20-17(22)12-21(26(2,23)24)15-7-5-14(18)6-8-15/h3-11H,12H2,1-2H3,(H,20,22)/b19-11-. The Morgan fingerprint density at radius 2 is 1.81 bits per heavy atom. The van der Waals surface area contributed by atoms with Gasteiger partial charge in [0.25, 0.3) is 5.91 Å². The van der Waals surface area contributed by atoms with E-state index in [0.29, 0.717) is 5.75 Å².